The zero-order valence-corrected chi connectivity index (χ0v) is 11.6. The van der Waals surface area contributed by atoms with E-state index in [-0.39, 0.29) is 6.04 Å². The summed E-state index contributed by atoms with van der Waals surface area (Å²) in [6.07, 6.45) is 3.75. The van der Waals surface area contributed by atoms with E-state index < -0.39 is 6.09 Å². The van der Waals surface area contributed by atoms with Crippen LogP contribution in [0.4, 0.5) is 4.79 Å². The number of carboxylic acid groups (broad SMARTS) is 1. The van der Waals surface area contributed by atoms with Crippen molar-refractivity contribution in [3.05, 3.63) is 36.0 Å². The van der Waals surface area contributed by atoms with Gasteiger partial charge in [-0.1, -0.05) is 18.2 Å². The van der Waals surface area contributed by atoms with Crippen LogP contribution in [0, 0.1) is 0 Å². The second-order valence-corrected chi connectivity index (χ2v) is 5.26. The molecule has 0 saturated carbocycles. The van der Waals surface area contributed by atoms with E-state index in [0.717, 1.165) is 22.9 Å². The molecule has 1 aliphatic rings. The monoisotopic (exact) mass is 271 g/mol. The van der Waals surface area contributed by atoms with E-state index in [1.54, 1.807) is 0 Å². The minimum Gasteiger partial charge on any atom is -0.465 e. The number of hydrogen-bond donors (Lipinski definition) is 1. The molecular weight excluding hydrogens is 254 g/mol. The van der Waals surface area contributed by atoms with Crippen LogP contribution in [0.15, 0.2) is 30.5 Å². The number of fused-ring (bicyclic) bond motifs is 1. The van der Waals surface area contributed by atoms with Gasteiger partial charge in [-0.2, -0.15) is 5.10 Å². The lowest BCUT2D eigenvalue weighted by Crippen LogP contribution is -2.40. The lowest BCUT2D eigenvalue weighted by Gasteiger charge is -2.30. The first-order valence-corrected chi connectivity index (χ1v) is 6.67. The third-order valence-corrected chi connectivity index (χ3v) is 3.95. The van der Waals surface area contributed by atoms with Crippen molar-refractivity contribution < 1.29 is 9.90 Å². The fourth-order valence-electron chi connectivity index (χ4n) is 2.75. The number of hydrogen-bond acceptors (Lipinski definition) is 2. The Balaban J connectivity index is 1.95. The molecule has 1 amide bonds. The Kier molecular flexibility index (Phi) is 2.97. The highest BCUT2D eigenvalue weighted by molar-refractivity contribution is 5.84. The third kappa shape index (κ3) is 2.05. The molecule has 5 nitrogen and oxygen atoms in total. The molecule has 0 saturated heterocycles. The first kappa shape index (κ1) is 12.7. The summed E-state index contributed by atoms with van der Waals surface area (Å²) in [6.45, 7) is 2.40. The van der Waals surface area contributed by atoms with Crippen LogP contribution in [0.2, 0.25) is 0 Å². The minimum atomic E-state index is -0.852. The molecule has 1 atom stereocenters. The molecule has 1 aromatic carbocycles. The smallest absolute Gasteiger partial charge is 0.407 e. The molecule has 0 unspecified atom stereocenters. The lowest BCUT2D eigenvalue weighted by atomic mass is 9.94. The molecule has 0 spiro atoms. The highest BCUT2D eigenvalue weighted by atomic mass is 16.4. The number of aryl methyl sites for hydroxylation is 1. The summed E-state index contributed by atoms with van der Waals surface area (Å²) in [5.41, 5.74) is 3.45. The number of amides is 1. The van der Waals surface area contributed by atoms with Crippen LogP contribution < -0.4 is 0 Å². The number of carbonyl (C=O) groups is 1. The second-order valence-electron chi connectivity index (χ2n) is 5.26. The average Bonchev–Trinajstić information content (AvgIpc) is 2.79. The van der Waals surface area contributed by atoms with Crippen molar-refractivity contribution in [1.82, 2.24) is 14.7 Å². The fraction of sp³-hybridized carbons (Fsp3) is 0.333. The van der Waals surface area contributed by atoms with Crippen molar-refractivity contribution in [1.29, 1.82) is 0 Å². The predicted molar refractivity (Wildman–Crippen MR) is 77.5 cm³/mol. The van der Waals surface area contributed by atoms with E-state index >= 15 is 0 Å². The molecule has 0 bridgehead atoms. The van der Waals surface area contributed by atoms with Crippen LogP contribution in [-0.2, 0) is 7.05 Å². The van der Waals surface area contributed by atoms with Crippen molar-refractivity contribution in [3.63, 3.8) is 0 Å². The maximum absolute atomic E-state index is 11.1. The van der Waals surface area contributed by atoms with Gasteiger partial charge in [0.25, 0.3) is 0 Å². The van der Waals surface area contributed by atoms with Crippen molar-refractivity contribution in [3.8, 4) is 0 Å². The van der Waals surface area contributed by atoms with Crippen LogP contribution in [0.25, 0.3) is 16.5 Å². The normalized spacial score (nSPS) is 19.2. The van der Waals surface area contributed by atoms with Gasteiger partial charge in [0.2, 0.25) is 0 Å². The zero-order chi connectivity index (χ0) is 14.3. The van der Waals surface area contributed by atoms with Crippen LogP contribution in [0.5, 0.6) is 0 Å². The fourth-order valence-corrected chi connectivity index (χ4v) is 2.75. The quantitative estimate of drug-likeness (QED) is 0.867. The summed E-state index contributed by atoms with van der Waals surface area (Å²) in [4.78, 5) is 12.5. The molecule has 1 aliphatic heterocycles. The maximum atomic E-state index is 11.1. The Hall–Kier alpha value is -2.30. The van der Waals surface area contributed by atoms with E-state index in [2.05, 4.69) is 23.3 Å². The number of benzene rings is 1. The predicted octanol–water partition coefficient (Wildman–Crippen LogP) is 2.73. The van der Waals surface area contributed by atoms with Gasteiger partial charge >= 0.3 is 6.09 Å². The molecule has 0 radical (unpaired) electrons. The molecule has 3 rings (SSSR count). The minimum absolute atomic E-state index is 0.00901. The van der Waals surface area contributed by atoms with Gasteiger partial charge in [0.1, 0.15) is 0 Å². The molecule has 104 valence electrons. The summed E-state index contributed by atoms with van der Waals surface area (Å²) in [5, 5.41) is 14.5. The molecule has 1 N–H and O–H groups in total. The molecule has 5 heteroatoms. The summed E-state index contributed by atoms with van der Waals surface area (Å²) < 4.78 is 1.86. The first-order chi connectivity index (χ1) is 9.56. The molecular formula is C15H17N3O2. The average molecular weight is 271 g/mol. The summed E-state index contributed by atoms with van der Waals surface area (Å²) in [6, 6.07) is 6.28. The highest BCUT2D eigenvalue weighted by Crippen LogP contribution is 2.28. The van der Waals surface area contributed by atoms with Gasteiger partial charge in [0.05, 0.1) is 11.7 Å². The summed E-state index contributed by atoms with van der Waals surface area (Å²) in [5.74, 6) is 0. The van der Waals surface area contributed by atoms with Crippen molar-refractivity contribution >= 4 is 22.6 Å². The molecule has 0 aliphatic carbocycles. The van der Waals surface area contributed by atoms with Gasteiger partial charge in [0, 0.05) is 25.0 Å². The van der Waals surface area contributed by atoms with E-state index in [4.69, 9.17) is 5.11 Å². The van der Waals surface area contributed by atoms with Gasteiger partial charge in [-0.15, -0.1) is 0 Å². The number of aromatic nitrogens is 2. The summed E-state index contributed by atoms with van der Waals surface area (Å²) >= 11 is 0. The SMILES string of the molecule is C[C@H]1CC(c2ccc3cnn(C)c3c2)=CCN1C(=O)O. The third-order valence-electron chi connectivity index (χ3n) is 3.95. The molecule has 1 aromatic heterocycles. The number of rotatable bonds is 1. The standard InChI is InChI=1S/C15H17N3O2/c1-10-7-12(5-6-18(10)15(19)20)11-3-4-13-9-16-17(2)14(13)8-11/h3-5,8-10H,6-7H2,1-2H3,(H,19,20)/t10-/m0/s1. The van der Waals surface area contributed by atoms with E-state index in [1.807, 2.05) is 30.9 Å². The molecule has 2 heterocycles. The van der Waals surface area contributed by atoms with Crippen LogP contribution in [-0.4, -0.2) is 38.5 Å². The van der Waals surface area contributed by atoms with Crippen LogP contribution in [0.1, 0.15) is 18.9 Å². The van der Waals surface area contributed by atoms with Gasteiger partial charge < -0.3 is 10.0 Å². The van der Waals surface area contributed by atoms with E-state index in [0.29, 0.717) is 6.54 Å². The van der Waals surface area contributed by atoms with Crippen molar-refractivity contribution in [2.45, 2.75) is 19.4 Å². The van der Waals surface area contributed by atoms with Crippen molar-refractivity contribution in [2.24, 2.45) is 7.05 Å². The molecule has 20 heavy (non-hydrogen) atoms. The first-order valence-electron chi connectivity index (χ1n) is 6.67. The topological polar surface area (TPSA) is 58.4 Å². The largest absolute Gasteiger partial charge is 0.465 e. The Bertz CT molecular complexity index is 702. The van der Waals surface area contributed by atoms with Gasteiger partial charge in [0.15, 0.2) is 0 Å². The maximum Gasteiger partial charge on any atom is 0.407 e. The zero-order valence-electron chi connectivity index (χ0n) is 11.6. The lowest BCUT2D eigenvalue weighted by molar-refractivity contribution is 0.133. The Labute approximate surface area is 117 Å². The van der Waals surface area contributed by atoms with Crippen LogP contribution >= 0.6 is 0 Å². The van der Waals surface area contributed by atoms with Gasteiger partial charge in [-0.05, 0) is 30.5 Å². The Morgan fingerprint density at radius 3 is 2.95 bits per heavy atom. The van der Waals surface area contributed by atoms with Crippen molar-refractivity contribution in [2.75, 3.05) is 6.54 Å². The Morgan fingerprint density at radius 1 is 1.45 bits per heavy atom. The van der Waals surface area contributed by atoms with Gasteiger partial charge in [-0.25, -0.2) is 4.79 Å². The Morgan fingerprint density at radius 2 is 2.25 bits per heavy atom. The van der Waals surface area contributed by atoms with Gasteiger partial charge in [-0.3, -0.25) is 4.68 Å². The number of nitrogens with zero attached hydrogens (tertiary/aromatic N) is 3. The highest BCUT2D eigenvalue weighted by Gasteiger charge is 2.24. The van der Waals surface area contributed by atoms with E-state index in [1.165, 1.54) is 10.5 Å². The van der Waals surface area contributed by atoms with E-state index in [9.17, 15) is 4.79 Å². The molecule has 0 fully saturated rings. The molecule has 2 aromatic rings. The van der Waals surface area contributed by atoms with Crippen LogP contribution in [0.3, 0.4) is 0 Å². The summed E-state index contributed by atoms with van der Waals surface area (Å²) in [7, 11) is 1.93. The second kappa shape index (κ2) is 4.67.